The quantitative estimate of drug-likeness (QED) is 0.768. The SMILES string of the molecule is CC1(C)[C@@H]2CC[C@@]1(C)[C@@](O)(CN1C(=O)C=CC1=O)C2. The molecule has 2 aliphatic carbocycles. The fourth-order valence-corrected chi connectivity index (χ4v) is 4.51. The van der Waals surface area contributed by atoms with Crippen molar-refractivity contribution in [2.24, 2.45) is 16.7 Å². The molecule has 0 aromatic carbocycles. The molecule has 0 spiro atoms. The number of hydrogen-bond acceptors (Lipinski definition) is 3. The minimum atomic E-state index is -0.948. The fraction of sp³-hybridized carbons (Fsp3) is 0.733. The van der Waals surface area contributed by atoms with Gasteiger partial charge in [0.05, 0.1) is 12.1 Å². The second-order valence-electron chi connectivity index (χ2n) is 7.12. The zero-order valence-electron chi connectivity index (χ0n) is 11.8. The Morgan fingerprint density at radius 2 is 1.84 bits per heavy atom. The van der Waals surface area contributed by atoms with Gasteiger partial charge in [0, 0.05) is 17.6 Å². The van der Waals surface area contributed by atoms with E-state index in [2.05, 4.69) is 20.8 Å². The normalized spacial score (nSPS) is 43.6. The standard InChI is InChI=1S/C15H21NO3/c1-13(2)10-6-7-14(13,3)15(19,8-10)9-16-11(17)4-5-12(16)18/h4-5,10,19H,6-9H2,1-3H3/t10-,14-,15+/m1/s1. The lowest BCUT2D eigenvalue weighted by Gasteiger charge is -2.46. The summed E-state index contributed by atoms with van der Waals surface area (Å²) in [4.78, 5) is 24.6. The van der Waals surface area contributed by atoms with Gasteiger partial charge in [-0.25, -0.2) is 0 Å². The lowest BCUT2D eigenvalue weighted by atomic mass is 9.64. The van der Waals surface area contributed by atoms with Gasteiger partial charge >= 0.3 is 0 Å². The molecule has 2 saturated carbocycles. The number of carbonyl (C=O) groups excluding carboxylic acids is 2. The van der Waals surface area contributed by atoms with Crippen LogP contribution in [0.4, 0.5) is 0 Å². The number of fused-ring (bicyclic) bond motifs is 2. The summed E-state index contributed by atoms with van der Waals surface area (Å²) < 4.78 is 0. The number of β-amino-alcohol motifs (C(OH)–C–C–N with tert-alkyl or cyclic N) is 1. The van der Waals surface area contributed by atoms with E-state index in [1.807, 2.05) is 0 Å². The van der Waals surface area contributed by atoms with E-state index in [1.165, 1.54) is 17.1 Å². The molecule has 2 fully saturated rings. The Morgan fingerprint density at radius 3 is 2.26 bits per heavy atom. The van der Waals surface area contributed by atoms with E-state index in [1.54, 1.807) is 0 Å². The van der Waals surface area contributed by atoms with Crippen LogP contribution >= 0.6 is 0 Å². The first kappa shape index (κ1) is 12.9. The molecule has 3 rings (SSSR count). The van der Waals surface area contributed by atoms with Gasteiger partial charge in [-0.1, -0.05) is 20.8 Å². The molecule has 0 aromatic heterocycles. The van der Waals surface area contributed by atoms with Crippen molar-refractivity contribution in [3.63, 3.8) is 0 Å². The maximum atomic E-state index is 11.7. The minimum Gasteiger partial charge on any atom is -0.387 e. The van der Waals surface area contributed by atoms with Crippen LogP contribution in [0.15, 0.2) is 12.2 Å². The average Bonchev–Trinajstić information content (AvgIpc) is 2.79. The van der Waals surface area contributed by atoms with Crippen molar-refractivity contribution in [1.29, 1.82) is 0 Å². The van der Waals surface area contributed by atoms with E-state index < -0.39 is 5.60 Å². The number of rotatable bonds is 2. The summed E-state index contributed by atoms with van der Waals surface area (Å²) in [6, 6.07) is 0. The van der Waals surface area contributed by atoms with E-state index in [-0.39, 0.29) is 29.2 Å². The van der Waals surface area contributed by atoms with E-state index in [0.29, 0.717) is 12.3 Å². The predicted molar refractivity (Wildman–Crippen MR) is 70.0 cm³/mol. The zero-order valence-corrected chi connectivity index (χ0v) is 11.8. The van der Waals surface area contributed by atoms with Crippen LogP contribution in [0.3, 0.4) is 0 Å². The Bertz CT molecular complexity index is 478. The summed E-state index contributed by atoms with van der Waals surface area (Å²) in [5.41, 5.74) is -1.12. The summed E-state index contributed by atoms with van der Waals surface area (Å²) in [5, 5.41) is 11.1. The van der Waals surface area contributed by atoms with Gasteiger partial charge in [0.2, 0.25) is 0 Å². The number of hydrogen-bond donors (Lipinski definition) is 1. The Balaban J connectivity index is 1.90. The summed E-state index contributed by atoms with van der Waals surface area (Å²) >= 11 is 0. The molecular formula is C15H21NO3. The van der Waals surface area contributed by atoms with E-state index in [4.69, 9.17) is 0 Å². The maximum absolute atomic E-state index is 11.7. The maximum Gasteiger partial charge on any atom is 0.253 e. The van der Waals surface area contributed by atoms with Crippen LogP contribution in [0.1, 0.15) is 40.0 Å². The topological polar surface area (TPSA) is 57.6 Å². The highest BCUT2D eigenvalue weighted by Gasteiger charge is 2.68. The molecule has 0 aromatic rings. The van der Waals surface area contributed by atoms with Crippen molar-refractivity contribution < 1.29 is 14.7 Å². The second kappa shape index (κ2) is 3.48. The van der Waals surface area contributed by atoms with Crippen molar-refractivity contribution in [3.8, 4) is 0 Å². The van der Waals surface area contributed by atoms with Crippen molar-refractivity contribution in [2.45, 2.75) is 45.6 Å². The zero-order chi connectivity index (χ0) is 14.1. The summed E-state index contributed by atoms with van der Waals surface area (Å²) in [5.74, 6) is -0.131. The van der Waals surface area contributed by atoms with Crippen molar-refractivity contribution >= 4 is 11.8 Å². The molecule has 104 valence electrons. The molecule has 4 nitrogen and oxygen atoms in total. The summed E-state index contributed by atoms with van der Waals surface area (Å²) in [6.45, 7) is 6.65. The number of imide groups is 1. The third-order valence-corrected chi connectivity index (χ3v) is 6.37. The van der Waals surface area contributed by atoms with Crippen molar-refractivity contribution in [3.05, 3.63) is 12.2 Å². The third kappa shape index (κ3) is 1.38. The number of nitrogens with zero attached hydrogens (tertiary/aromatic N) is 1. The van der Waals surface area contributed by atoms with Crippen LogP contribution in [-0.2, 0) is 9.59 Å². The molecule has 0 saturated heterocycles. The van der Waals surface area contributed by atoms with Crippen LogP contribution in [0.5, 0.6) is 0 Å². The van der Waals surface area contributed by atoms with Crippen LogP contribution in [0, 0.1) is 16.7 Å². The van der Waals surface area contributed by atoms with Gasteiger partial charge in [0.25, 0.3) is 11.8 Å². The highest BCUT2D eigenvalue weighted by molar-refractivity contribution is 6.12. The minimum absolute atomic E-state index is 0.0565. The molecule has 0 unspecified atom stereocenters. The Labute approximate surface area is 113 Å². The molecular weight excluding hydrogens is 242 g/mol. The molecule has 1 aliphatic heterocycles. The third-order valence-electron chi connectivity index (χ3n) is 6.37. The van der Waals surface area contributed by atoms with Gasteiger partial charge in [-0.05, 0) is 30.6 Å². The molecule has 2 amide bonds. The lowest BCUT2D eigenvalue weighted by Crippen LogP contribution is -2.55. The van der Waals surface area contributed by atoms with E-state index in [0.717, 1.165) is 12.8 Å². The van der Waals surface area contributed by atoms with Gasteiger partial charge < -0.3 is 5.11 Å². The van der Waals surface area contributed by atoms with Gasteiger partial charge in [0.1, 0.15) is 0 Å². The van der Waals surface area contributed by atoms with E-state index in [9.17, 15) is 14.7 Å². The van der Waals surface area contributed by atoms with Crippen molar-refractivity contribution in [1.82, 2.24) is 4.90 Å². The summed E-state index contributed by atoms with van der Waals surface area (Å²) in [7, 11) is 0. The molecule has 0 radical (unpaired) electrons. The van der Waals surface area contributed by atoms with Crippen molar-refractivity contribution in [2.75, 3.05) is 6.54 Å². The van der Waals surface area contributed by atoms with Crippen LogP contribution in [0.2, 0.25) is 0 Å². The van der Waals surface area contributed by atoms with Crippen LogP contribution in [-0.4, -0.2) is 34.0 Å². The largest absolute Gasteiger partial charge is 0.387 e. The average molecular weight is 263 g/mol. The predicted octanol–water partition coefficient (Wildman–Crippen LogP) is 1.49. The smallest absolute Gasteiger partial charge is 0.253 e. The molecule has 3 atom stereocenters. The Morgan fingerprint density at radius 1 is 1.26 bits per heavy atom. The van der Waals surface area contributed by atoms with Gasteiger partial charge in [-0.3, -0.25) is 14.5 Å². The molecule has 2 bridgehead atoms. The number of amides is 2. The van der Waals surface area contributed by atoms with Crippen LogP contribution in [0.25, 0.3) is 0 Å². The van der Waals surface area contributed by atoms with E-state index >= 15 is 0 Å². The number of aliphatic hydroxyl groups is 1. The Kier molecular flexibility index (Phi) is 2.35. The highest BCUT2D eigenvalue weighted by atomic mass is 16.3. The first-order chi connectivity index (χ1) is 8.71. The first-order valence-electron chi connectivity index (χ1n) is 6.97. The lowest BCUT2D eigenvalue weighted by molar-refractivity contribution is -0.149. The molecule has 3 aliphatic rings. The first-order valence-corrected chi connectivity index (χ1v) is 6.97. The molecule has 4 heteroatoms. The second-order valence-corrected chi connectivity index (χ2v) is 7.12. The highest BCUT2D eigenvalue weighted by Crippen LogP contribution is 2.69. The van der Waals surface area contributed by atoms with Gasteiger partial charge in [-0.15, -0.1) is 0 Å². The fourth-order valence-electron chi connectivity index (χ4n) is 4.51. The Hall–Kier alpha value is -1.16. The monoisotopic (exact) mass is 263 g/mol. The molecule has 1 N–H and O–H groups in total. The summed E-state index contributed by atoms with van der Waals surface area (Å²) in [6.07, 6.45) is 5.35. The molecule has 19 heavy (non-hydrogen) atoms. The number of carbonyl (C=O) groups is 2. The van der Waals surface area contributed by atoms with Gasteiger partial charge in [-0.2, -0.15) is 0 Å². The van der Waals surface area contributed by atoms with Crippen LogP contribution < -0.4 is 0 Å². The van der Waals surface area contributed by atoms with Gasteiger partial charge in [0.15, 0.2) is 0 Å². The molecule has 1 heterocycles.